The first-order valence-corrected chi connectivity index (χ1v) is 15.7. The van der Waals surface area contributed by atoms with Gasteiger partial charge in [0, 0.05) is 18.5 Å². The standard InChI is InChI=1S/C31H38N6O6S/c1-17(2)25-29-36-26(19(4)43-29)28(40)32-18(3)30-34-22(16-44-30)27(39)33-21(13-20-9-6-5-7-10-20)14-37(15-24(38)35-25)31(41)23-11-8-12-42-23/h5-7,9-10,16-18,21,23,25H,8,11-15H2,1-4H3,(H,32,40)(H,33,39)(H,35,38)/t18-,21-,23-,25+/m1/s1. The molecule has 1 fully saturated rings. The van der Waals surface area contributed by atoms with E-state index in [1.165, 1.54) is 16.2 Å². The number of carbonyl (C=O) groups is 4. The number of hydrogen-bond donors (Lipinski definition) is 3. The third kappa shape index (κ3) is 7.33. The Hall–Kier alpha value is -4.10. The van der Waals surface area contributed by atoms with Crippen LogP contribution in [0.5, 0.6) is 0 Å². The number of rotatable bonds is 4. The topological polar surface area (TPSA) is 156 Å². The van der Waals surface area contributed by atoms with E-state index in [0.717, 1.165) is 12.0 Å². The van der Waals surface area contributed by atoms with Gasteiger partial charge in [0.15, 0.2) is 5.69 Å². The summed E-state index contributed by atoms with van der Waals surface area (Å²) in [6.45, 7) is 7.49. The predicted molar refractivity (Wildman–Crippen MR) is 162 cm³/mol. The highest BCUT2D eigenvalue weighted by Gasteiger charge is 2.34. The molecule has 5 rings (SSSR count). The van der Waals surface area contributed by atoms with Gasteiger partial charge in [-0.2, -0.15) is 0 Å². The third-order valence-electron chi connectivity index (χ3n) is 7.70. The highest BCUT2D eigenvalue weighted by atomic mass is 32.1. The molecule has 1 aromatic carbocycles. The third-order valence-corrected chi connectivity index (χ3v) is 8.73. The molecule has 3 N–H and O–H groups in total. The number of ether oxygens (including phenoxy) is 1. The van der Waals surface area contributed by atoms with Gasteiger partial charge >= 0.3 is 0 Å². The molecule has 2 aliphatic rings. The summed E-state index contributed by atoms with van der Waals surface area (Å²) >= 11 is 1.26. The van der Waals surface area contributed by atoms with Crippen molar-refractivity contribution in [3.63, 3.8) is 0 Å². The lowest BCUT2D eigenvalue weighted by Gasteiger charge is -2.30. The molecule has 1 saturated heterocycles. The van der Waals surface area contributed by atoms with E-state index >= 15 is 0 Å². The maximum absolute atomic E-state index is 13.7. The van der Waals surface area contributed by atoms with E-state index in [0.29, 0.717) is 30.2 Å². The molecule has 0 aliphatic carbocycles. The van der Waals surface area contributed by atoms with Gasteiger partial charge in [-0.15, -0.1) is 11.3 Å². The molecule has 0 unspecified atom stereocenters. The Morgan fingerprint density at radius 2 is 1.86 bits per heavy atom. The molecule has 2 aromatic heterocycles. The fourth-order valence-corrected chi connectivity index (χ4v) is 6.18. The van der Waals surface area contributed by atoms with Crippen LogP contribution in [0.3, 0.4) is 0 Å². The van der Waals surface area contributed by atoms with Gasteiger partial charge in [-0.1, -0.05) is 44.2 Å². The summed E-state index contributed by atoms with van der Waals surface area (Å²) in [4.78, 5) is 64.3. The first-order valence-electron chi connectivity index (χ1n) is 14.9. The van der Waals surface area contributed by atoms with Crippen molar-refractivity contribution in [2.24, 2.45) is 5.92 Å². The Kier molecular flexibility index (Phi) is 9.74. The normalized spacial score (nSPS) is 23.5. The number of nitrogens with zero attached hydrogens (tertiary/aromatic N) is 3. The second kappa shape index (κ2) is 13.7. The van der Waals surface area contributed by atoms with Crippen LogP contribution in [0.4, 0.5) is 0 Å². The Morgan fingerprint density at radius 3 is 2.57 bits per heavy atom. The van der Waals surface area contributed by atoms with Crippen molar-refractivity contribution >= 4 is 35.0 Å². The molecule has 4 heterocycles. The number of fused-ring (bicyclic) bond motifs is 4. The number of hydrogen-bond acceptors (Lipinski definition) is 9. The number of amides is 4. The lowest BCUT2D eigenvalue weighted by molar-refractivity contribution is -0.144. The van der Waals surface area contributed by atoms with Crippen LogP contribution >= 0.6 is 11.3 Å². The van der Waals surface area contributed by atoms with Crippen LogP contribution in [-0.2, 0) is 20.7 Å². The number of carbonyl (C=O) groups excluding carboxylic acids is 4. The summed E-state index contributed by atoms with van der Waals surface area (Å²) in [6, 6.07) is 7.92. The number of thiazole rings is 1. The number of oxazole rings is 1. The van der Waals surface area contributed by atoms with Gasteiger partial charge in [0.2, 0.25) is 11.8 Å². The summed E-state index contributed by atoms with van der Waals surface area (Å²) in [5, 5.41) is 11.1. The molecule has 234 valence electrons. The van der Waals surface area contributed by atoms with Gasteiger partial charge in [-0.25, -0.2) is 9.97 Å². The van der Waals surface area contributed by atoms with E-state index in [1.54, 1.807) is 19.2 Å². The Bertz CT molecular complexity index is 1500. The number of benzene rings is 1. The molecular formula is C31H38N6O6S. The van der Waals surface area contributed by atoms with Crippen molar-refractivity contribution in [2.45, 2.75) is 71.2 Å². The first-order chi connectivity index (χ1) is 21.1. The summed E-state index contributed by atoms with van der Waals surface area (Å²) in [5.41, 5.74) is 1.25. The zero-order valence-corrected chi connectivity index (χ0v) is 26.1. The number of aryl methyl sites for hydroxylation is 1. The van der Waals surface area contributed by atoms with Crippen LogP contribution in [0, 0.1) is 12.8 Å². The smallest absolute Gasteiger partial charge is 0.274 e. The summed E-state index contributed by atoms with van der Waals surface area (Å²) in [6.07, 6.45) is 1.06. The minimum atomic E-state index is -0.660. The summed E-state index contributed by atoms with van der Waals surface area (Å²) in [7, 11) is 0. The van der Waals surface area contributed by atoms with Crippen molar-refractivity contribution in [2.75, 3.05) is 19.7 Å². The first kappa shape index (κ1) is 31.3. The van der Waals surface area contributed by atoms with Crippen molar-refractivity contribution in [1.29, 1.82) is 0 Å². The average Bonchev–Trinajstić information content (AvgIpc) is 3.76. The zero-order chi connectivity index (χ0) is 31.4. The van der Waals surface area contributed by atoms with Crippen molar-refractivity contribution < 1.29 is 28.3 Å². The molecule has 4 atom stereocenters. The second-order valence-corrected chi connectivity index (χ2v) is 12.5. The van der Waals surface area contributed by atoms with Crippen molar-refractivity contribution in [3.05, 3.63) is 69.3 Å². The van der Waals surface area contributed by atoms with Crippen LogP contribution in [0.1, 0.15) is 88.9 Å². The van der Waals surface area contributed by atoms with Gasteiger partial charge in [0.1, 0.15) is 28.6 Å². The molecular weight excluding hydrogens is 584 g/mol. The minimum Gasteiger partial charge on any atom is -0.443 e. The SMILES string of the molecule is Cc1oc2nc1C(=O)N[C@H](C)c1nc(cs1)C(=O)N[C@H](Cc1ccccc1)CN(C(=O)[C@H]1CCCO1)CC(=O)N[C@H]2C(C)C. The van der Waals surface area contributed by atoms with E-state index in [-0.39, 0.29) is 42.2 Å². The van der Waals surface area contributed by atoms with Crippen LogP contribution in [0.2, 0.25) is 0 Å². The molecule has 4 amide bonds. The van der Waals surface area contributed by atoms with E-state index in [4.69, 9.17) is 9.15 Å². The molecule has 44 heavy (non-hydrogen) atoms. The lowest BCUT2D eigenvalue weighted by atomic mass is 10.0. The van der Waals surface area contributed by atoms with Gasteiger partial charge in [0.05, 0.1) is 18.6 Å². The van der Waals surface area contributed by atoms with Gasteiger partial charge in [-0.3, -0.25) is 19.2 Å². The largest absolute Gasteiger partial charge is 0.443 e. The Morgan fingerprint density at radius 1 is 1.09 bits per heavy atom. The van der Waals surface area contributed by atoms with E-state index in [2.05, 4.69) is 25.9 Å². The second-order valence-electron chi connectivity index (χ2n) is 11.6. The van der Waals surface area contributed by atoms with E-state index < -0.39 is 42.0 Å². The quantitative estimate of drug-likeness (QED) is 0.401. The monoisotopic (exact) mass is 622 g/mol. The molecule has 13 heteroatoms. The fraction of sp³-hybridized carbons (Fsp3) is 0.484. The summed E-state index contributed by atoms with van der Waals surface area (Å²) < 4.78 is 11.6. The van der Waals surface area contributed by atoms with E-state index in [1.807, 2.05) is 44.2 Å². The molecule has 3 aromatic rings. The average molecular weight is 623 g/mol. The van der Waals surface area contributed by atoms with E-state index in [9.17, 15) is 19.2 Å². The molecule has 4 bridgehead atoms. The van der Waals surface area contributed by atoms with Crippen LogP contribution < -0.4 is 16.0 Å². The highest BCUT2D eigenvalue weighted by Crippen LogP contribution is 2.25. The summed E-state index contributed by atoms with van der Waals surface area (Å²) in [5.74, 6) is -1.25. The number of aromatic nitrogens is 2. The molecule has 12 nitrogen and oxygen atoms in total. The lowest BCUT2D eigenvalue weighted by Crippen LogP contribution is -2.52. The predicted octanol–water partition coefficient (Wildman–Crippen LogP) is 3.11. The minimum absolute atomic E-state index is 0.0742. The Balaban J connectivity index is 1.52. The highest BCUT2D eigenvalue weighted by molar-refractivity contribution is 7.09. The zero-order valence-electron chi connectivity index (χ0n) is 25.3. The molecule has 0 radical (unpaired) electrons. The maximum atomic E-state index is 13.7. The van der Waals surface area contributed by atoms with Crippen LogP contribution in [0.15, 0.2) is 40.1 Å². The molecule has 2 aliphatic heterocycles. The van der Waals surface area contributed by atoms with Crippen LogP contribution in [0.25, 0.3) is 0 Å². The molecule has 0 spiro atoms. The van der Waals surface area contributed by atoms with Crippen molar-refractivity contribution in [1.82, 2.24) is 30.8 Å². The van der Waals surface area contributed by atoms with Gasteiger partial charge < -0.3 is 30.0 Å². The Labute approximate surface area is 260 Å². The van der Waals surface area contributed by atoms with Crippen LogP contribution in [-0.4, -0.2) is 70.3 Å². The number of nitrogens with one attached hydrogen (secondary N) is 3. The van der Waals surface area contributed by atoms with Gasteiger partial charge in [0.25, 0.3) is 17.7 Å². The van der Waals surface area contributed by atoms with Crippen molar-refractivity contribution in [3.8, 4) is 0 Å². The fourth-order valence-electron chi connectivity index (χ4n) is 5.38. The maximum Gasteiger partial charge on any atom is 0.274 e. The molecule has 0 saturated carbocycles. The van der Waals surface area contributed by atoms with Gasteiger partial charge in [-0.05, 0) is 44.6 Å².